The number of ether oxygens (including phenoxy) is 2. The number of nitrogens with one attached hydrogen (secondary N) is 2. The number of carbonyl (C=O) groups excluding carboxylic acids is 3. The molecule has 0 spiro atoms. The Hall–Kier alpha value is -3.49. The summed E-state index contributed by atoms with van der Waals surface area (Å²) in [4.78, 5) is 34.4. The summed E-state index contributed by atoms with van der Waals surface area (Å²) in [7, 11) is 2.78. The van der Waals surface area contributed by atoms with E-state index >= 15 is 0 Å². The van der Waals surface area contributed by atoms with E-state index in [2.05, 4.69) is 10.6 Å². The largest absolute Gasteiger partial charge is 0.550 e. The highest BCUT2D eigenvalue weighted by molar-refractivity contribution is 6.04. The van der Waals surface area contributed by atoms with E-state index in [0.717, 1.165) is 0 Å². The lowest BCUT2D eigenvalue weighted by Crippen LogP contribution is -2.24. The number of carboxylic acids is 1. The SMILES string of the molecule is COc1cc(NC(=O)c2ccco2)c(OC)cc1NC(=O)CCC(=O)[O-]. The first-order valence-corrected chi connectivity index (χ1v) is 7.55. The fourth-order valence-corrected chi connectivity index (χ4v) is 2.11. The minimum absolute atomic E-state index is 0.116. The molecular weight excluding hydrogens is 344 g/mol. The predicted octanol–water partition coefficient (Wildman–Crippen LogP) is 1.02. The van der Waals surface area contributed by atoms with Gasteiger partial charge in [0.2, 0.25) is 5.91 Å². The molecule has 9 heteroatoms. The summed E-state index contributed by atoms with van der Waals surface area (Å²) < 4.78 is 15.5. The number of carboxylic acid groups (broad SMARTS) is 1. The van der Waals surface area contributed by atoms with Crippen molar-refractivity contribution >= 4 is 29.2 Å². The van der Waals surface area contributed by atoms with Crippen molar-refractivity contribution in [2.75, 3.05) is 24.9 Å². The molecule has 0 saturated carbocycles. The summed E-state index contributed by atoms with van der Waals surface area (Å²) in [5, 5.41) is 15.6. The molecule has 1 aromatic carbocycles. The average molecular weight is 361 g/mol. The van der Waals surface area contributed by atoms with Crippen LogP contribution in [0.5, 0.6) is 11.5 Å². The Labute approximate surface area is 148 Å². The van der Waals surface area contributed by atoms with Crippen molar-refractivity contribution in [2.45, 2.75) is 12.8 Å². The smallest absolute Gasteiger partial charge is 0.291 e. The van der Waals surface area contributed by atoms with Crippen LogP contribution < -0.4 is 25.2 Å². The van der Waals surface area contributed by atoms with Crippen molar-refractivity contribution in [3.05, 3.63) is 36.3 Å². The number of hydrogen-bond acceptors (Lipinski definition) is 7. The molecule has 1 aromatic heterocycles. The zero-order chi connectivity index (χ0) is 19.1. The number of carbonyl (C=O) groups is 3. The van der Waals surface area contributed by atoms with Crippen molar-refractivity contribution in [3.8, 4) is 11.5 Å². The predicted molar refractivity (Wildman–Crippen MR) is 89.1 cm³/mol. The van der Waals surface area contributed by atoms with Crippen LogP contribution in [0.4, 0.5) is 11.4 Å². The highest BCUT2D eigenvalue weighted by Crippen LogP contribution is 2.36. The summed E-state index contributed by atoms with van der Waals surface area (Å²) >= 11 is 0. The number of aliphatic carboxylic acids is 1. The molecule has 1 heterocycles. The molecule has 0 aliphatic heterocycles. The fourth-order valence-electron chi connectivity index (χ4n) is 2.11. The third-order valence-corrected chi connectivity index (χ3v) is 3.35. The number of furan rings is 1. The standard InChI is InChI=1S/C17H18N2O7/c1-24-13-9-11(19-17(23)12-4-3-7-26-12)14(25-2)8-10(13)18-15(20)5-6-16(21)22/h3-4,7-9H,5-6H2,1-2H3,(H,18,20)(H,19,23)(H,21,22)/p-1. The van der Waals surface area contributed by atoms with Crippen LogP contribution in [0.3, 0.4) is 0 Å². The van der Waals surface area contributed by atoms with Crippen LogP contribution in [0.1, 0.15) is 23.4 Å². The van der Waals surface area contributed by atoms with Gasteiger partial charge < -0.3 is 34.4 Å². The van der Waals surface area contributed by atoms with Gasteiger partial charge in [-0.15, -0.1) is 0 Å². The molecule has 0 unspecified atom stereocenters. The zero-order valence-corrected chi connectivity index (χ0v) is 14.2. The molecule has 2 rings (SSSR count). The number of hydrogen-bond donors (Lipinski definition) is 2. The van der Waals surface area contributed by atoms with Crippen molar-refractivity contribution in [1.29, 1.82) is 0 Å². The van der Waals surface area contributed by atoms with E-state index in [9.17, 15) is 19.5 Å². The van der Waals surface area contributed by atoms with E-state index in [-0.39, 0.29) is 29.4 Å². The summed E-state index contributed by atoms with van der Waals surface area (Å²) in [6.07, 6.45) is 0.728. The number of anilines is 2. The minimum Gasteiger partial charge on any atom is -0.550 e. The third-order valence-electron chi connectivity index (χ3n) is 3.35. The maximum Gasteiger partial charge on any atom is 0.291 e. The van der Waals surface area contributed by atoms with Gasteiger partial charge in [0.15, 0.2) is 5.76 Å². The Morgan fingerprint density at radius 2 is 1.65 bits per heavy atom. The first-order chi connectivity index (χ1) is 12.4. The lowest BCUT2D eigenvalue weighted by molar-refractivity contribution is -0.305. The van der Waals surface area contributed by atoms with Gasteiger partial charge in [-0.25, -0.2) is 0 Å². The van der Waals surface area contributed by atoms with Crippen LogP contribution in [0, 0.1) is 0 Å². The molecule has 2 N–H and O–H groups in total. The van der Waals surface area contributed by atoms with E-state index in [1.807, 2.05) is 0 Å². The van der Waals surface area contributed by atoms with E-state index < -0.39 is 24.2 Å². The normalized spacial score (nSPS) is 10.1. The molecule has 0 aliphatic carbocycles. The van der Waals surface area contributed by atoms with Crippen molar-refractivity contribution in [2.24, 2.45) is 0 Å². The van der Waals surface area contributed by atoms with Crippen molar-refractivity contribution in [1.82, 2.24) is 0 Å². The summed E-state index contributed by atoms with van der Waals surface area (Å²) in [6, 6.07) is 6.00. The Kier molecular flexibility index (Phi) is 6.20. The molecule has 9 nitrogen and oxygen atoms in total. The lowest BCUT2D eigenvalue weighted by atomic mass is 10.2. The molecule has 2 amide bonds. The zero-order valence-electron chi connectivity index (χ0n) is 14.2. The molecule has 0 aliphatic rings. The van der Waals surface area contributed by atoms with Gasteiger partial charge in [-0.2, -0.15) is 0 Å². The molecule has 0 radical (unpaired) electrons. The van der Waals surface area contributed by atoms with Gasteiger partial charge in [-0.1, -0.05) is 0 Å². The van der Waals surface area contributed by atoms with Crippen LogP contribution in [0.15, 0.2) is 34.9 Å². The highest BCUT2D eigenvalue weighted by Gasteiger charge is 2.17. The van der Waals surface area contributed by atoms with Crippen molar-refractivity contribution in [3.63, 3.8) is 0 Å². The fraction of sp³-hybridized carbons (Fsp3) is 0.235. The van der Waals surface area contributed by atoms with Gasteiger partial charge >= 0.3 is 0 Å². The van der Waals surface area contributed by atoms with Gasteiger partial charge in [-0.05, 0) is 18.6 Å². The monoisotopic (exact) mass is 361 g/mol. The Balaban J connectivity index is 2.22. The van der Waals surface area contributed by atoms with E-state index in [1.165, 1.54) is 38.7 Å². The molecule has 138 valence electrons. The van der Waals surface area contributed by atoms with Crippen molar-refractivity contribution < 1.29 is 33.4 Å². The number of rotatable bonds is 8. The number of benzene rings is 1. The number of amides is 2. The van der Waals surface area contributed by atoms with Crippen LogP contribution in [-0.4, -0.2) is 32.0 Å². The quantitative estimate of drug-likeness (QED) is 0.718. The molecular formula is C17H17N2O7-. The second kappa shape index (κ2) is 8.56. The molecule has 0 atom stereocenters. The molecule has 26 heavy (non-hydrogen) atoms. The molecule has 0 saturated heterocycles. The van der Waals surface area contributed by atoms with Gasteiger partial charge in [0.1, 0.15) is 11.5 Å². The maximum atomic E-state index is 12.1. The third kappa shape index (κ3) is 4.76. The van der Waals surface area contributed by atoms with Crippen LogP contribution in [0.2, 0.25) is 0 Å². The van der Waals surface area contributed by atoms with Gasteiger partial charge in [0.25, 0.3) is 5.91 Å². The van der Waals surface area contributed by atoms with E-state index in [1.54, 1.807) is 6.07 Å². The van der Waals surface area contributed by atoms with E-state index in [4.69, 9.17) is 13.9 Å². The van der Waals surface area contributed by atoms with Crippen LogP contribution >= 0.6 is 0 Å². The van der Waals surface area contributed by atoms with Gasteiger partial charge in [-0.3, -0.25) is 9.59 Å². The minimum atomic E-state index is -1.32. The summed E-state index contributed by atoms with van der Waals surface area (Å²) in [6.45, 7) is 0. The second-order valence-electron chi connectivity index (χ2n) is 5.10. The maximum absolute atomic E-state index is 12.1. The average Bonchev–Trinajstić information content (AvgIpc) is 3.15. The first-order valence-electron chi connectivity index (χ1n) is 7.55. The Morgan fingerprint density at radius 3 is 2.15 bits per heavy atom. The Bertz CT molecular complexity index is 800. The summed E-state index contributed by atoms with van der Waals surface area (Å²) in [5.41, 5.74) is 0.571. The van der Waals surface area contributed by atoms with Gasteiger partial charge in [0.05, 0.1) is 31.9 Å². The second-order valence-corrected chi connectivity index (χ2v) is 5.10. The first kappa shape index (κ1) is 18.8. The summed E-state index contributed by atoms with van der Waals surface area (Å²) in [5.74, 6) is -1.70. The lowest BCUT2D eigenvalue weighted by Gasteiger charge is -2.16. The molecule has 0 fully saturated rings. The Morgan fingerprint density at radius 1 is 1.04 bits per heavy atom. The van der Waals surface area contributed by atoms with Crippen LogP contribution in [0.25, 0.3) is 0 Å². The number of methoxy groups -OCH3 is 2. The molecule has 0 bridgehead atoms. The van der Waals surface area contributed by atoms with Crippen LogP contribution in [-0.2, 0) is 9.59 Å². The van der Waals surface area contributed by atoms with Gasteiger partial charge in [0, 0.05) is 24.5 Å². The molecule has 2 aromatic rings. The highest BCUT2D eigenvalue weighted by atomic mass is 16.5. The van der Waals surface area contributed by atoms with E-state index in [0.29, 0.717) is 5.69 Å². The topological polar surface area (TPSA) is 130 Å².